The number of unbranched alkanes of at least 4 members (excludes halogenated alkanes) is 5. The van der Waals surface area contributed by atoms with Crippen molar-refractivity contribution in [3.05, 3.63) is 0 Å². The molecule has 0 amide bonds. The molecule has 0 aromatic carbocycles. The lowest BCUT2D eigenvalue weighted by molar-refractivity contribution is -0.369. The van der Waals surface area contributed by atoms with Gasteiger partial charge >= 0.3 is 5.97 Å². The van der Waals surface area contributed by atoms with E-state index < -0.39 is 74.6 Å². The third kappa shape index (κ3) is 8.53. The molecule has 2 aliphatic rings. The predicted octanol–water partition coefficient (Wildman–Crippen LogP) is -1.82. The zero-order valence-electron chi connectivity index (χ0n) is 20.9. The first kappa shape index (κ1) is 31.2. The molecule has 0 aromatic rings. The molecule has 0 unspecified atom stereocenters. The highest BCUT2D eigenvalue weighted by Gasteiger charge is 2.51. The minimum Gasteiger partial charge on any atom is -0.469 e. The third-order valence-corrected chi connectivity index (χ3v) is 6.50. The molecule has 0 radical (unpaired) electrons. The number of carbonyl (C=O) groups excluding carboxylic acids is 1. The Balaban J connectivity index is 1.91. The van der Waals surface area contributed by atoms with Crippen LogP contribution < -0.4 is 0 Å². The van der Waals surface area contributed by atoms with Gasteiger partial charge in [0.1, 0.15) is 48.8 Å². The quantitative estimate of drug-likeness (QED) is 0.103. The number of aliphatic hydroxyl groups excluding tert-OH is 6. The Morgan fingerprint density at radius 1 is 0.722 bits per heavy atom. The minimum atomic E-state index is -1.53. The van der Waals surface area contributed by atoms with Crippen LogP contribution in [-0.2, 0) is 33.2 Å². The van der Waals surface area contributed by atoms with Gasteiger partial charge in [0.25, 0.3) is 0 Å². The van der Waals surface area contributed by atoms with Crippen LogP contribution >= 0.6 is 0 Å². The number of hydrogen-bond acceptors (Lipinski definition) is 13. The van der Waals surface area contributed by atoms with Crippen LogP contribution in [-0.4, -0.2) is 132 Å². The highest BCUT2D eigenvalue weighted by molar-refractivity contribution is 5.68. The van der Waals surface area contributed by atoms with Crippen molar-refractivity contribution in [1.29, 1.82) is 0 Å². The average Bonchev–Trinajstić information content (AvgIpc) is 2.88. The summed E-state index contributed by atoms with van der Waals surface area (Å²) in [5.74, 6) is -0.214. The lowest BCUT2D eigenvalue weighted by atomic mass is 9.97. The number of hydrogen-bond donors (Lipinski definition) is 6. The lowest BCUT2D eigenvalue weighted by Gasteiger charge is -2.46. The maximum Gasteiger partial charge on any atom is 0.305 e. The van der Waals surface area contributed by atoms with Gasteiger partial charge in [-0.1, -0.05) is 25.7 Å². The molecular weight excluding hydrogens is 484 g/mol. The summed E-state index contributed by atoms with van der Waals surface area (Å²) in [6.07, 6.45) is -7.63. The van der Waals surface area contributed by atoms with Gasteiger partial charge in [-0.25, -0.2) is 0 Å². The second kappa shape index (κ2) is 16.1. The van der Waals surface area contributed by atoms with Gasteiger partial charge in [0.15, 0.2) is 12.6 Å². The van der Waals surface area contributed by atoms with E-state index >= 15 is 0 Å². The molecule has 2 saturated heterocycles. The molecule has 0 aromatic heterocycles. The van der Waals surface area contributed by atoms with Gasteiger partial charge in [0.2, 0.25) is 0 Å². The molecule has 212 valence electrons. The minimum absolute atomic E-state index is 0.214. The number of aliphatic hydroxyl groups is 6. The number of methoxy groups -OCH3 is 2. The normalized spacial score (nSPS) is 37.1. The Labute approximate surface area is 210 Å². The van der Waals surface area contributed by atoms with Crippen LogP contribution in [0, 0.1) is 0 Å². The summed E-state index contributed by atoms with van der Waals surface area (Å²) in [5.41, 5.74) is 0. The van der Waals surface area contributed by atoms with E-state index in [1.807, 2.05) is 0 Å². The Kier molecular flexibility index (Phi) is 14.0. The number of ether oxygens (including phenoxy) is 6. The van der Waals surface area contributed by atoms with Crippen molar-refractivity contribution in [2.24, 2.45) is 0 Å². The number of esters is 1. The Morgan fingerprint density at radius 2 is 1.25 bits per heavy atom. The van der Waals surface area contributed by atoms with Gasteiger partial charge in [-0.15, -0.1) is 0 Å². The standard InChI is InChI=1S/C23H42O13/c1-31-15(26)9-7-5-3-4-6-8-10-33-22-21(19(30)17(28)13(11-24)34-22)36-23-20(32-2)18(29)16(27)14(12-25)35-23/h13-14,16-25,27-30H,3-12H2,1-2H3/t13-,14-,16-,17-,18+,19+,20-,21-,22+,23+/m1/s1. The van der Waals surface area contributed by atoms with E-state index in [4.69, 9.17) is 23.7 Å². The van der Waals surface area contributed by atoms with E-state index in [-0.39, 0.29) is 12.6 Å². The fraction of sp³-hybridized carbons (Fsp3) is 0.957. The van der Waals surface area contributed by atoms with E-state index in [9.17, 15) is 35.4 Å². The summed E-state index contributed by atoms with van der Waals surface area (Å²) in [4.78, 5) is 11.1. The fourth-order valence-electron chi connectivity index (χ4n) is 4.29. The maximum atomic E-state index is 11.1. The molecule has 10 atom stereocenters. The number of carbonyl (C=O) groups is 1. The van der Waals surface area contributed by atoms with E-state index in [1.165, 1.54) is 14.2 Å². The average molecular weight is 527 g/mol. The molecule has 13 heteroatoms. The van der Waals surface area contributed by atoms with Crippen molar-refractivity contribution in [1.82, 2.24) is 0 Å². The molecule has 2 aliphatic heterocycles. The zero-order chi connectivity index (χ0) is 26.7. The first-order valence-electron chi connectivity index (χ1n) is 12.4. The first-order chi connectivity index (χ1) is 17.3. The first-order valence-corrected chi connectivity index (χ1v) is 12.4. The fourth-order valence-corrected chi connectivity index (χ4v) is 4.29. The second-order valence-corrected chi connectivity index (χ2v) is 9.03. The van der Waals surface area contributed by atoms with Crippen LogP contribution in [0.5, 0.6) is 0 Å². The largest absolute Gasteiger partial charge is 0.469 e. The lowest BCUT2D eigenvalue weighted by Crippen LogP contribution is -2.65. The van der Waals surface area contributed by atoms with Gasteiger partial charge in [0.05, 0.1) is 20.3 Å². The molecule has 2 fully saturated rings. The van der Waals surface area contributed by atoms with Crippen molar-refractivity contribution in [2.45, 2.75) is 106 Å². The van der Waals surface area contributed by atoms with Crippen LogP contribution in [0.3, 0.4) is 0 Å². The van der Waals surface area contributed by atoms with Gasteiger partial charge in [-0.2, -0.15) is 0 Å². The van der Waals surface area contributed by atoms with Crippen LogP contribution in [0.4, 0.5) is 0 Å². The molecule has 2 heterocycles. The Bertz CT molecular complexity index is 623. The molecule has 0 saturated carbocycles. The van der Waals surface area contributed by atoms with Crippen molar-refractivity contribution < 1.29 is 63.9 Å². The smallest absolute Gasteiger partial charge is 0.305 e. The van der Waals surface area contributed by atoms with Crippen molar-refractivity contribution in [3.8, 4) is 0 Å². The molecule has 36 heavy (non-hydrogen) atoms. The van der Waals surface area contributed by atoms with Crippen molar-refractivity contribution in [3.63, 3.8) is 0 Å². The van der Waals surface area contributed by atoms with Gasteiger partial charge < -0.3 is 59.1 Å². The van der Waals surface area contributed by atoms with Gasteiger partial charge in [-0.05, 0) is 12.8 Å². The van der Waals surface area contributed by atoms with Crippen LogP contribution in [0.2, 0.25) is 0 Å². The SMILES string of the molecule is COC(=O)CCCCCCCCO[C@H]1O[C@H](CO)[C@@H](O)[C@H](O)[C@H]1O[C@@H]1O[C@H](CO)[C@@H](O)[C@H](O)[C@H]1OC. The summed E-state index contributed by atoms with van der Waals surface area (Å²) in [7, 11) is 2.64. The molecule has 2 rings (SSSR count). The summed E-state index contributed by atoms with van der Waals surface area (Å²) in [5, 5.41) is 60.4. The second-order valence-electron chi connectivity index (χ2n) is 9.03. The summed E-state index contributed by atoms with van der Waals surface area (Å²) >= 11 is 0. The molecule has 13 nitrogen and oxygen atoms in total. The number of rotatable bonds is 15. The third-order valence-electron chi connectivity index (χ3n) is 6.50. The van der Waals surface area contributed by atoms with Crippen LogP contribution in [0.25, 0.3) is 0 Å². The Morgan fingerprint density at radius 3 is 1.81 bits per heavy atom. The summed E-state index contributed by atoms with van der Waals surface area (Å²) in [6.45, 7) is -0.919. The Hall–Kier alpha value is -0.970. The zero-order valence-corrected chi connectivity index (χ0v) is 20.9. The van der Waals surface area contributed by atoms with E-state index in [1.54, 1.807) is 0 Å². The summed E-state index contributed by atoms with van der Waals surface area (Å²) in [6, 6.07) is 0. The molecular formula is C23H42O13. The van der Waals surface area contributed by atoms with E-state index in [2.05, 4.69) is 4.74 Å². The van der Waals surface area contributed by atoms with Crippen LogP contribution in [0.1, 0.15) is 44.9 Å². The van der Waals surface area contributed by atoms with E-state index in [0.29, 0.717) is 12.8 Å². The molecule has 6 N–H and O–H groups in total. The van der Waals surface area contributed by atoms with Crippen LogP contribution in [0.15, 0.2) is 0 Å². The van der Waals surface area contributed by atoms with Gasteiger partial charge in [0, 0.05) is 20.1 Å². The van der Waals surface area contributed by atoms with Gasteiger partial charge in [-0.3, -0.25) is 4.79 Å². The predicted molar refractivity (Wildman–Crippen MR) is 121 cm³/mol. The molecule has 0 bridgehead atoms. The topological polar surface area (TPSA) is 194 Å². The van der Waals surface area contributed by atoms with Crippen molar-refractivity contribution in [2.75, 3.05) is 34.0 Å². The highest BCUT2D eigenvalue weighted by atomic mass is 16.8. The van der Waals surface area contributed by atoms with Crippen molar-refractivity contribution >= 4 is 5.97 Å². The molecule has 0 spiro atoms. The maximum absolute atomic E-state index is 11.1. The highest BCUT2D eigenvalue weighted by Crippen LogP contribution is 2.30. The summed E-state index contributed by atoms with van der Waals surface area (Å²) < 4.78 is 32.6. The monoisotopic (exact) mass is 526 g/mol. The van der Waals surface area contributed by atoms with E-state index in [0.717, 1.165) is 32.1 Å². The molecule has 0 aliphatic carbocycles.